The minimum Gasteiger partial charge on any atom is -0.350 e. The quantitative estimate of drug-likeness (QED) is 0.536. The van der Waals surface area contributed by atoms with Crippen LogP contribution in [-0.4, -0.2) is 34.3 Å². The summed E-state index contributed by atoms with van der Waals surface area (Å²) in [5.41, 5.74) is -1.05. The van der Waals surface area contributed by atoms with Crippen LogP contribution in [0.2, 0.25) is 0 Å². The van der Waals surface area contributed by atoms with Gasteiger partial charge in [0.25, 0.3) is 5.91 Å². The highest BCUT2D eigenvalue weighted by Gasteiger charge is 2.49. The molecule has 1 aliphatic heterocycles. The normalized spacial score (nSPS) is 18.4. The van der Waals surface area contributed by atoms with Crippen molar-refractivity contribution in [3.8, 4) is 0 Å². The van der Waals surface area contributed by atoms with Crippen molar-refractivity contribution >= 4 is 29.1 Å². The fraction of sp³-hybridized carbons (Fsp3) is 0.345. The molecule has 0 atom stereocenters. The fourth-order valence-electron chi connectivity index (χ4n) is 5.62. The van der Waals surface area contributed by atoms with Crippen LogP contribution in [-0.2, 0) is 10.0 Å². The zero-order valence-electron chi connectivity index (χ0n) is 20.6. The summed E-state index contributed by atoms with van der Waals surface area (Å²) in [6, 6.07) is 31.3. The lowest BCUT2D eigenvalue weighted by atomic mass is 9.79. The third-order valence-corrected chi connectivity index (χ3v) is 11.2. The number of rotatable bonds is 6. The number of benzene rings is 3. The monoisotopic (exact) mass is 474 g/mol. The molecule has 5 heteroatoms. The highest BCUT2D eigenvalue weighted by molar-refractivity contribution is 7.96. The number of carbonyl (C=O) groups is 1. The second-order valence-electron chi connectivity index (χ2n) is 10.6. The van der Waals surface area contributed by atoms with Crippen molar-refractivity contribution < 1.29 is 10.0 Å². The molecule has 0 aromatic heterocycles. The number of hydroxylamine groups is 2. The standard InChI is InChI=1S/C29H34N2O2P/c1-28(2)20-23(21-29(3,4)31(28)33)30-27(32)22-34(24-14-8-5-9-15-24,25-16-10-6-11-17-25)26-18-12-7-13-19-26/h5-19,23H,20-22H2,1-4H3/p+1. The van der Waals surface area contributed by atoms with Crippen molar-refractivity contribution in [2.45, 2.75) is 57.7 Å². The predicted octanol–water partition coefficient (Wildman–Crippen LogP) is 4.46. The summed E-state index contributed by atoms with van der Waals surface area (Å²) in [6.45, 7) is 7.87. The van der Waals surface area contributed by atoms with Crippen molar-refractivity contribution in [1.82, 2.24) is 10.4 Å². The fourth-order valence-corrected chi connectivity index (χ4v) is 9.63. The van der Waals surface area contributed by atoms with Crippen molar-refractivity contribution in [1.29, 1.82) is 0 Å². The number of carbonyl (C=O) groups excluding carboxylic acids is 1. The lowest BCUT2D eigenvalue weighted by molar-refractivity contribution is -0.290. The minimum absolute atomic E-state index is 0.0353. The molecule has 0 unspecified atom stereocenters. The van der Waals surface area contributed by atoms with Crippen molar-refractivity contribution in [2.24, 2.45) is 0 Å². The van der Waals surface area contributed by atoms with Gasteiger partial charge in [0, 0.05) is 17.1 Å². The Morgan fingerprint density at radius 2 is 1.12 bits per heavy atom. The van der Waals surface area contributed by atoms with Crippen LogP contribution >= 0.6 is 7.26 Å². The number of amides is 1. The van der Waals surface area contributed by atoms with Gasteiger partial charge in [0.1, 0.15) is 23.2 Å². The van der Waals surface area contributed by atoms with E-state index in [9.17, 15) is 10.0 Å². The molecule has 4 nitrogen and oxygen atoms in total. The third kappa shape index (κ3) is 4.81. The summed E-state index contributed by atoms with van der Waals surface area (Å²) in [6.07, 6.45) is 1.67. The van der Waals surface area contributed by atoms with E-state index in [0.717, 1.165) is 0 Å². The summed E-state index contributed by atoms with van der Waals surface area (Å²) in [7, 11) is -2.24. The van der Waals surface area contributed by atoms with E-state index in [4.69, 9.17) is 0 Å². The van der Waals surface area contributed by atoms with E-state index in [0.29, 0.717) is 19.0 Å². The predicted molar refractivity (Wildman–Crippen MR) is 142 cm³/mol. The topological polar surface area (TPSA) is 52.2 Å². The van der Waals surface area contributed by atoms with E-state index < -0.39 is 18.3 Å². The van der Waals surface area contributed by atoms with Crippen LogP contribution in [0.15, 0.2) is 91.0 Å². The maximum absolute atomic E-state index is 13.8. The molecule has 3 aromatic carbocycles. The smallest absolute Gasteiger partial charge is 0.259 e. The van der Waals surface area contributed by atoms with Crippen LogP contribution in [0.3, 0.4) is 0 Å². The van der Waals surface area contributed by atoms with E-state index in [1.807, 2.05) is 45.9 Å². The first-order valence-corrected chi connectivity index (χ1v) is 13.9. The van der Waals surface area contributed by atoms with Crippen LogP contribution in [0, 0.1) is 0 Å². The second-order valence-corrected chi connectivity index (χ2v) is 14.1. The zero-order chi connectivity index (χ0) is 24.4. The van der Waals surface area contributed by atoms with Gasteiger partial charge < -0.3 is 5.32 Å². The van der Waals surface area contributed by atoms with Crippen LogP contribution in [0.1, 0.15) is 40.5 Å². The number of nitrogens with zero attached hydrogens (tertiary/aromatic N) is 1. The molecule has 1 saturated heterocycles. The average Bonchev–Trinajstić information content (AvgIpc) is 2.82. The van der Waals surface area contributed by atoms with Gasteiger partial charge in [-0.1, -0.05) is 54.6 Å². The first-order chi connectivity index (χ1) is 16.1. The Kier molecular flexibility index (Phi) is 6.96. The second kappa shape index (κ2) is 9.62. The van der Waals surface area contributed by atoms with Crippen molar-refractivity contribution in [3.63, 3.8) is 0 Å². The van der Waals surface area contributed by atoms with Crippen molar-refractivity contribution in [3.05, 3.63) is 91.0 Å². The summed E-state index contributed by atoms with van der Waals surface area (Å²) < 4.78 is 0. The molecular weight excluding hydrogens is 439 g/mol. The Balaban J connectivity index is 1.73. The van der Waals surface area contributed by atoms with Gasteiger partial charge in [0.05, 0.1) is 0 Å². The molecule has 1 heterocycles. The van der Waals surface area contributed by atoms with E-state index >= 15 is 0 Å². The Labute approximate surface area is 204 Å². The number of piperidine rings is 1. The number of nitrogens with one attached hydrogen (secondary N) is 1. The van der Waals surface area contributed by atoms with Gasteiger partial charge in [-0.2, -0.15) is 0 Å². The van der Waals surface area contributed by atoms with Gasteiger partial charge in [-0.15, -0.1) is 10.3 Å². The summed E-state index contributed by atoms with van der Waals surface area (Å²) in [5.74, 6) is 0.0424. The van der Waals surface area contributed by atoms with Gasteiger partial charge in [-0.05, 0) is 76.9 Å². The Hall–Kier alpha value is -2.52. The van der Waals surface area contributed by atoms with Gasteiger partial charge in [-0.3, -0.25) is 4.79 Å². The molecule has 0 bridgehead atoms. The first kappa shape index (κ1) is 24.6. The maximum atomic E-state index is 13.8. The molecule has 4 rings (SSSR count). The van der Waals surface area contributed by atoms with Crippen LogP contribution in [0.5, 0.6) is 0 Å². The summed E-state index contributed by atoms with van der Waals surface area (Å²) >= 11 is 0. The molecule has 0 aliphatic carbocycles. The number of hydrogen-bond donors (Lipinski definition) is 1. The van der Waals surface area contributed by atoms with Crippen LogP contribution in [0.25, 0.3) is 0 Å². The molecule has 1 N–H and O–H groups in total. The molecule has 1 fully saturated rings. The largest absolute Gasteiger partial charge is 0.350 e. The highest BCUT2D eigenvalue weighted by Crippen LogP contribution is 2.55. The molecule has 0 spiro atoms. The van der Waals surface area contributed by atoms with E-state index in [2.05, 4.69) is 78.1 Å². The zero-order valence-corrected chi connectivity index (χ0v) is 21.5. The molecule has 34 heavy (non-hydrogen) atoms. The van der Waals surface area contributed by atoms with Gasteiger partial charge in [-0.25, -0.2) is 0 Å². The van der Waals surface area contributed by atoms with Crippen LogP contribution < -0.4 is 21.2 Å². The van der Waals surface area contributed by atoms with E-state index in [-0.39, 0.29) is 11.9 Å². The summed E-state index contributed by atoms with van der Waals surface area (Å²) in [4.78, 5) is 13.8. The lowest BCUT2D eigenvalue weighted by Crippen LogP contribution is -2.62. The Morgan fingerprint density at radius 1 is 0.765 bits per heavy atom. The molecule has 1 amide bonds. The molecular formula is C29H35N2O2P+. The summed E-state index contributed by atoms with van der Waals surface area (Å²) in [5, 5.41) is 20.9. The van der Waals surface area contributed by atoms with E-state index in [1.165, 1.54) is 21.0 Å². The van der Waals surface area contributed by atoms with Crippen molar-refractivity contribution in [2.75, 3.05) is 6.16 Å². The maximum Gasteiger partial charge on any atom is 0.259 e. The minimum atomic E-state index is -2.24. The Bertz CT molecular complexity index is 986. The van der Waals surface area contributed by atoms with Gasteiger partial charge in [0.2, 0.25) is 0 Å². The lowest BCUT2D eigenvalue weighted by Gasteiger charge is -2.50. The molecule has 177 valence electrons. The molecule has 1 aliphatic rings. The van der Waals surface area contributed by atoms with Crippen LogP contribution in [0.4, 0.5) is 0 Å². The average molecular weight is 475 g/mol. The number of hydrogen-bond acceptors (Lipinski definition) is 2. The van der Waals surface area contributed by atoms with Gasteiger partial charge in [0.15, 0.2) is 6.16 Å². The molecule has 1 radical (unpaired) electrons. The molecule has 3 aromatic rings. The van der Waals surface area contributed by atoms with E-state index in [1.54, 1.807) is 0 Å². The third-order valence-electron chi connectivity index (χ3n) is 6.93. The van der Waals surface area contributed by atoms with Gasteiger partial charge >= 0.3 is 0 Å². The first-order valence-electron chi connectivity index (χ1n) is 12.0. The molecule has 0 saturated carbocycles. The SMILES string of the molecule is CC1(C)CC(NC(=O)C[P+](c2ccccc2)(c2ccccc2)c2ccccc2)CC(C)(C)N1[O]. The Morgan fingerprint density at radius 3 is 1.47 bits per heavy atom. The highest BCUT2D eigenvalue weighted by atomic mass is 31.2.